The number of pyridine rings is 1. The second-order valence-electron chi connectivity index (χ2n) is 10.3. The molecule has 0 bridgehead atoms. The molecule has 1 atom stereocenters. The number of carbonyl (C=O) groups is 2. The second-order valence-corrected chi connectivity index (χ2v) is 10.3. The van der Waals surface area contributed by atoms with Gasteiger partial charge in [-0.2, -0.15) is 5.26 Å². The summed E-state index contributed by atoms with van der Waals surface area (Å²) in [6.45, 7) is 0.435. The number of nitriles is 1. The first-order valence-electron chi connectivity index (χ1n) is 14.0. The van der Waals surface area contributed by atoms with Gasteiger partial charge in [0.25, 0.3) is 0 Å². The van der Waals surface area contributed by atoms with Gasteiger partial charge >= 0.3 is 6.03 Å². The van der Waals surface area contributed by atoms with E-state index < -0.39 is 5.91 Å². The zero-order chi connectivity index (χ0) is 29.3. The minimum Gasteiger partial charge on any atom is -0.366 e. The number of aromatic nitrogens is 1. The number of amides is 3. The van der Waals surface area contributed by atoms with Crippen LogP contribution in [0.5, 0.6) is 0 Å². The average Bonchev–Trinajstić information content (AvgIpc) is 3.26. The minimum absolute atomic E-state index is 0.0110. The van der Waals surface area contributed by atoms with E-state index in [9.17, 15) is 9.59 Å². The number of hydrogen-bond donors (Lipinski definition) is 2. The molecule has 3 N–H and O–H groups in total. The van der Waals surface area contributed by atoms with Crippen LogP contribution >= 0.6 is 0 Å². The van der Waals surface area contributed by atoms with Crippen LogP contribution < -0.4 is 16.0 Å². The van der Waals surface area contributed by atoms with Gasteiger partial charge in [0.05, 0.1) is 5.56 Å². The Morgan fingerprint density at radius 2 is 1.64 bits per heavy atom. The van der Waals surface area contributed by atoms with Crippen LogP contribution in [0, 0.1) is 11.3 Å². The van der Waals surface area contributed by atoms with Crippen molar-refractivity contribution in [2.45, 2.75) is 44.7 Å². The van der Waals surface area contributed by atoms with Crippen molar-refractivity contribution in [2.24, 2.45) is 10.7 Å². The van der Waals surface area contributed by atoms with Gasteiger partial charge in [0.15, 0.2) is 5.82 Å². The summed E-state index contributed by atoms with van der Waals surface area (Å²) in [6.07, 6.45) is 5.62. The fourth-order valence-corrected chi connectivity index (χ4v) is 5.19. The van der Waals surface area contributed by atoms with Crippen molar-refractivity contribution in [1.82, 2.24) is 10.3 Å². The summed E-state index contributed by atoms with van der Waals surface area (Å²) in [5, 5.41) is 12.1. The van der Waals surface area contributed by atoms with Gasteiger partial charge < -0.3 is 11.1 Å². The third kappa shape index (κ3) is 7.07. The van der Waals surface area contributed by atoms with Crippen LogP contribution in [-0.4, -0.2) is 28.7 Å². The maximum Gasteiger partial charge on any atom is 0.322 e. The summed E-state index contributed by atoms with van der Waals surface area (Å²) in [5.41, 5.74) is 11.2. The van der Waals surface area contributed by atoms with Gasteiger partial charge in [-0.15, -0.1) is 0 Å². The van der Waals surface area contributed by atoms with Crippen molar-refractivity contribution in [3.05, 3.63) is 114 Å². The summed E-state index contributed by atoms with van der Waals surface area (Å²) in [7, 11) is 0. The fourth-order valence-electron chi connectivity index (χ4n) is 5.19. The van der Waals surface area contributed by atoms with E-state index in [1.165, 1.54) is 6.20 Å². The number of aliphatic imine (C=N–C) groups is 1. The highest BCUT2D eigenvalue weighted by atomic mass is 16.2. The average molecular weight is 557 g/mol. The number of nitrogens with zero attached hydrogens (tertiary/aromatic N) is 4. The van der Waals surface area contributed by atoms with E-state index in [1.54, 1.807) is 24.3 Å². The number of carbonyl (C=O) groups excluding carboxylic acids is 2. The SMILES string of the molecule is N#Cc1ccc(/N=C2/CCCC(N(C(=O)NCc3ccccc3)c3ccc(-c4ccc(C(N)=O)cc4)cc3)CC2)nc1. The predicted octanol–water partition coefficient (Wildman–Crippen LogP) is 6.54. The molecule has 4 aromatic rings. The van der Waals surface area contributed by atoms with Crippen molar-refractivity contribution < 1.29 is 9.59 Å². The number of anilines is 1. The summed E-state index contributed by atoms with van der Waals surface area (Å²) in [6, 6.07) is 30.4. The Hall–Kier alpha value is -5.29. The smallest absolute Gasteiger partial charge is 0.322 e. The number of rotatable bonds is 7. The first kappa shape index (κ1) is 28.2. The molecule has 42 heavy (non-hydrogen) atoms. The zero-order valence-corrected chi connectivity index (χ0v) is 23.2. The molecule has 1 fully saturated rings. The largest absolute Gasteiger partial charge is 0.366 e. The van der Waals surface area contributed by atoms with E-state index in [0.29, 0.717) is 23.5 Å². The Bertz CT molecular complexity index is 1590. The third-order valence-electron chi connectivity index (χ3n) is 7.44. The summed E-state index contributed by atoms with van der Waals surface area (Å²) in [4.78, 5) is 36.1. The van der Waals surface area contributed by atoms with Crippen molar-refractivity contribution in [3.63, 3.8) is 0 Å². The topological polar surface area (TPSA) is 124 Å². The lowest BCUT2D eigenvalue weighted by atomic mass is 10.0. The molecular formula is C34H32N6O2. The van der Waals surface area contributed by atoms with Gasteiger partial charge in [-0.05, 0) is 85.2 Å². The normalized spacial score (nSPS) is 15.8. The molecule has 1 unspecified atom stereocenters. The molecule has 0 aliphatic heterocycles. The van der Waals surface area contributed by atoms with Gasteiger partial charge in [0.2, 0.25) is 5.91 Å². The fraction of sp³-hybridized carbons (Fsp3) is 0.206. The number of nitrogens with two attached hydrogens (primary N) is 1. The van der Waals surface area contributed by atoms with Crippen LogP contribution in [0.1, 0.15) is 53.6 Å². The molecule has 1 aliphatic rings. The Balaban J connectivity index is 1.36. The number of primary amides is 1. The summed E-state index contributed by atoms with van der Waals surface area (Å²) >= 11 is 0. The molecule has 0 radical (unpaired) electrons. The number of nitrogens with one attached hydrogen (secondary N) is 1. The summed E-state index contributed by atoms with van der Waals surface area (Å²) < 4.78 is 0. The van der Waals surface area contributed by atoms with Crippen LogP contribution in [0.15, 0.2) is 102 Å². The predicted molar refractivity (Wildman–Crippen MR) is 164 cm³/mol. The lowest BCUT2D eigenvalue weighted by Gasteiger charge is -2.31. The van der Waals surface area contributed by atoms with Crippen LogP contribution in [-0.2, 0) is 6.54 Å². The lowest BCUT2D eigenvalue weighted by Crippen LogP contribution is -2.46. The van der Waals surface area contributed by atoms with E-state index >= 15 is 0 Å². The molecule has 1 aromatic heterocycles. The van der Waals surface area contributed by atoms with E-state index in [0.717, 1.165) is 60.2 Å². The van der Waals surface area contributed by atoms with E-state index in [1.807, 2.05) is 71.6 Å². The van der Waals surface area contributed by atoms with Crippen LogP contribution in [0.2, 0.25) is 0 Å². The molecule has 210 valence electrons. The number of hydrogen-bond acceptors (Lipinski definition) is 5. The van der Waals surface area contributed by atoms with E-state index in [2.05, 4.69) is 16.4 Å². The second kappa shape index (κ2) is 13.4. The molecule has 5 rings (SSSR count). The maximum absolute atomic E-state index is 13.7. The lowest BCUT2D eigenvalue weighted by molar-refractivity contribution is 0.1000. The highest BCUT2D eigenvalue weighted by molar-refractivity contribution is 5.94. The molecule has 3 aromatic carbocycles. The Morgan fingerprint density at radius 1 is 0.929 bits per heavy atom. The molecule has 8 nitrogen and oxygen atoms in total. The highest BCUT2D eigenvalue weighted by Crippen LogP contribution is 2.30. The minimum atomic E-state index is -0.459. The Morgan fingerprint density at radius 3 is 2.29 bits per heavy atom. The molecule has 0 saturated heterocycles. The summed E-state index contributed by atoms with van der Waals surface area (Å²) in [5.74, 6) is 0.137. The molecule has 1 aliphatic carbocycles. The monoisotopic (exact) mass is 556 g/mol. The van der Waals surface area contributed by atoms with Gasteiger partial charge in [-0.25, -0.2) is 14.8 Å². The quantitative estimate of drug-likeness (QED) is 0.251. The standard InChI is InChI=1S/C34H32N6O2/c35-21-25-9-20-32(37-23-25)39-29-7-4-8-30(19-16-29)40(34(42)38-22-24-5-2-1-3-6-24)31-17-14-27(15-18-31)26-10-12-28(13-11-26)33(36)41/h1-3,5-6,9-15,17-18,20,23,30H,4,7-8,16,19,22H2,(H2,36,41)(H,38,42)/b39-29-. The van der Waals surface area contributed by atoms with Gasteiger partial charge in [-0.3, -0.25) is 9.69 Å². The van der Waals surface area contributed by atoms with Crippen molar-refractivity contribution in [1.29, 1.82) is 5.26 Å². The Labute approximate surface area is 245 Å². The van der Waals surface area contributed by atoms with Crippen molar-refractivity contribution in [3.8, 4) is 17.2 Å². The molecular weight excluding hydrogens is 524 g/mol. The Kier molecular flexibility index (Phi) is 9.00. The molecule has 1 heterocycles. The van der Waals surface area contributed by atoms with Crippen molar-refractivity contribution >= 4 is 29.2 Å². The van der Waals surface area contributed by atoms with Crippen LogP contribution in [0.25, 0.3) is 11.1 Å². The van der Waals surface area contributed by atoms with Gasteiger partial charge in [0, 0.05) is 35.7 Å². The highest BCUT2D eigenvalue weighted by Gasteiger charge is 2.27. The van der Waals surface area contributed by atoms with Gasteiger partial charge in [-0.1, -0.05) is 54.6 Å². The van der Waals surface area contributed by atoms with E-state index in [-0.39, 0.29) is 12.1 Å². The molecule has 8 heteroatoms. The van der Waals surface area contributed by atoms with E-state index in [4.69, 9.17) is 16.0 Å². The zero-order valence-electron chi connectivity index (χ0n) is 23.2. The number of urea groups is 1. The molecule has 3 amide bonds. The van der Waals surface area contributed by atoms with Crippen LogP contribution in [0.4, 0.5) is 16.3 Å². The first-order chi connectivity index (χ1) is 20.5. The third-order valence-corrected chi connectivity index (χ3v) is 7.44. The maximum atomic E-state index is 13.7. The van der Waals surface area contributed by atoms with Crippen LogP contribution in [0.3, 0.4) is 0 Å². The van der Waals surface area contributed by atoms with Crippen molar-refractivity contribution in [2.75, 3.05) is 4.90 Å². The molecule has 0 spiro atoms. The van der Waals surface area contributed by atoms with Gasteiger partial charge in [0.1, 0.15) is 6.07 Å². The first-order valence-corrected chi connectivity index (χ1v) is 14.0. The molecule has 1 saturated carbocycles. The number of benzene rings is 3.